The van der Waals surface area contributed by atoms with Crippen LogP contribution in [0.2, 0.25) is 0 Å². The molecular weight excluding hydrogens is 210 g/mol. The highest BCUT2D eigenvalue weighted by atomic mass is 14.9. The second-order valence-electron chi connectivity index (χ2n) is 4.36. The van der Waals surface area contributed by atoms with Gasteiger partial charge in [0.2, 0.25) is 0 Å². The molecule has 0 aliphatic carbocycles. The number of nitrogens with zero attached hydrogens (tertiary/aromatic N) is 1. The number of hydrogen-bond donors (Lipinski definition) is 2. The van der Waals surface area contributed by atoms with Crippen LogP contribution in [-0.4, -0.2) is 4.98 Å². The summed E-state index contributed by atoms with van der Waals surface area (Å²) in [5, 5.41) is 3.27. The molecule has 3 nitrogen and oxygen atoms in total. The third-order valence-electron chi connectivity index (χ3n) is 2.71. The first-order chi connectivity index (χ1) is 8.16. The third kappa shape index (κ3) is 2.75. The average molecular weight is 227 g/mol. The van der Waals surface area contributed by atoms with Crippen molar-refractivity contribution in [3.05, 3.63) is 48.3 Å². The van der Waals surface area contributed by atoms with E-state index in [2.05, 4.69) is 48.4 Å². The Labute approximate surface area is 102 Å². The molecule has 0 amide bonds. The molecule has 0 fully saturated rings. The van der Waals surface area contributed by atoms with Gasteiger partial charge in [0.25, 0.3) is 0 Å². The number of anilines is 3. The van der Waals surface area contributed by atoms with Gasteiger partial charge >= 0.3 is 0 Å². The first-order valence-corrected chi connectivity index (χ1v) is 5.73. The Hall–Kier alpha value is -2.03. The molecule has 2 rings (SSSR count). The van der Waals surface area contributed by atoms with E-state index in [-0.39, 0.29) is 0 Å². The average Bonchev–Trinajstić information content (AvgIpc) is 2.33. The number of nitrogens with one attached hydrogen (secondary N) is 1. The molecule has 0 radical (unpaired) electrons. The molecule has 3 N–H and O–H groups in total. The van der Waals surface area contributed by atoms with Crippen LogP contribution in [0.3, 0.4) is 0 Å². The largest absolute Gasteiger partial charge is 0.396 e. The van der Waals surface area contributed by atoms with Crippen molar-refractivity contribution in [3.63, 3.8) is 0 Å². The highest BCUT2D eigenvalue weighted by Crippen LogP contribution is 2.23. The summed E-state index contributed by atoms with van der Waals surface area (Å²) in [5.74, 6) is 0.551. The first-order valence-electron chi connectivity index (χ1n) is 5.73. The lowest BCUT2D eigenvalue weighted by molar-refractivity contribution is 0.867. The lowest BCUT2D eigenvalue weighted by Gasteiger charge is -2.10. The summed E-state index contributed by atoms with van der Waals surface area (Å²) in [6, 6.07) is 10.3. The van der Waals surface area contributed by atoms with Gasteiger partial charge in [-0.15, -0.1) is 0 Å². The van der Waals surface area contributed by atoms with Crippen LogP contribution >= 0.6 is 0 Å². The number of benzene rings is 1. The van der Waals surface area contributed by atoms with Crippen LogP contribution in [0.5, 0.6) is 0 Å². The fourth-order valence-electron chi connectivity index (χ4n) is 1.63. The van der Waals surface area contributed by atoms with Gasteiger partial charge in [0, 0.05) is 11.9 Å². The highest BCUT2D eigenvalue weighted by molar-refractivity contribution is 5.71. The number of hydrogen-bond acceptors (Lipinski definition) is 3. The molecule has 0 aliphatic heterocycles. The maximum absolute atomic E-state index is 5.82. The standard InChI is InChI=1S/C14H17N3/c1-10(2)11-3-5-12(6-4-11)17-14-7-8-16-9-13(14)15/h3-10H,15H2,1-2H3,(H,16,17). The van der Waals surface area contributed by atoms with Crippen molar-refractivity contribution in [2.75, 3.05) is 11.1 Å². The van der Waals surface area contributed by atoms with Crippen LogP contribution in [0.15, 0.2) is 42.7 Å². The molecule has 0 spiro atoms. The Kier molecular flexibility index (Phi) is 3.28. The number of nitrogens with two attached hydrogens (primary N) is 1. The third-order valence-corrected chi connectivity index (χ3v) is 2.71. The zero-order valence-electron chi connectivity index (χ0n) is 10.1. The van der Waals surface area contributed by atoms with Crippen molar-refractivity contribution in [1.82, 2.24) is 4.98 Å². The second kappa shape index (κ2) is 4.87. The molecule has 1 heterocycles. The molecule has 0 bridgehead atoms. The molecule has 88 valence electrons. The Bertz CT molecular complexity index is 489. The van der Waals surface area contributed by atoms with Gasteiger partial charge in [-0.3, -0.25) is 4.98 Å². The summed E-state index contributed by atoms with van der Waals surface area (Å²) < 4.78 is 0. The lowest BCUT2D eigenvalue weighted by atomic mass is 10.0. The first kappa shape index (κ1) is 11.5. The minimum absolute atomic E-state index is 0.551. The molecule has 0 atom stereocenters. The monoisotopic (exact) mass is 227 g/mol. The Morgan fingerprint density at radius 1 is 1.12 bits per heavy atom. The predicted octanol–water partition coefficient (Wildman–Crippen LogP) is 3.53. The Morgan fingerprint density at radius 2 is 1.82 bits per heavy atom. The SMILES string of the molecule is CC(C)c1ccc(Nc2ccncc2N)cc1. The predicted molar refractivity (Wildman–Crippen MR) is 72.5 cm³/mol. The summed E-state index contributed by atoms with van der Waals surface area (Å²) in [7, 11) is 0. The van der Waals surface area contributed by atoms with Crippen LogP contribution < -0.4 is 11.1 Å². The zero-order valence-corrected chi connectivity index (χ0v) is 10.1. The van der Waals surface area contributed by atoms with Crippen molar-refractivity contribution in [2.45, 2.75) is 19.8 Å². The van der Waals surface area contributed by atoms with Crippen LogP contribution in [0.25, 0.3) is 0 Å². The fraction of sp³-hybridized carbons (Fsp3) is 0.214. The van der Waals surface area contributed by atoms with Gasteiger partial charge in [-0.05, 0) is 29.7 Å². The Morgan fingerprint density at radius 3 is 2.41 bits per heavy atom. The molecule has 0 aliphatic rings. The van der Waals surface area contributed by atoms with Crippen molar-refractivity contribution < 1.29 is 0 Å². The molecule has 1 aromatic heterocycles. The summed E-state index contributed by atoms with van der Waals surface area (Å²) in [5.41, 5.74) is 9.73. The molecule has 2 aromatic rings. The van der Waals surface area contributed by atoms with Gasteiger partial charge in [0.05, 0.1) is 17.6 Å². The minimum atomic E-state index is 0.551. The van der Waals surface area contributed by atoms with Gasteiger partial charge < -0.3 is 11.1 Å². The molecule has 3 heteroatoms. The van der Waals surface area contributed by atoms with E-state index in [4.69, 9.17) is 5.73 Å². The van der Waals surface area contributed by atoms with Crippen LogP contribution in [0, 0.1) is 0 Å². The normalized spacial score (nSPS) is 10.5. The van der Waals surface area contributed by atoms with Gasteiger partial charge in [-0.25, -0.2) is 0 Å². The summed E-state index contributed by atoms with van der Waals surface area (Å²) in [6.07, 6.45) is 3.37. The maximum Gasteiger partial charge on any atom is 0.0739 e. The van der Waals surface area contributed by atoms with Crippen LogP contribution in [-0.2, 0) is 0 Å². The fourth-order valence-corrected chi connectivity index (χ4v) is 1.63. The molecule has 0 unspecified atom stereocenters. The van der Waals surface area contributed by atoms with Crippen molar-refractivity contribution in [2.24, 2.45) is 0 Å². The zero-order chi connectivity index (χ0) is 12.3. The van der Waals surface area contributed by atoms with E-state index in [1.165, 1.54) is 5.56 Å². The van der Waals surface area contributed by atoms with Crippen molar-refractivity contribution >= 4 is 17.1 Å². The van der Waals surface area contributed by atoms with E-state index >= 15 is 0 Å². The second-order valence-corrected chi connectivity index (χ2v) is 4.36. The van der Waals surface area contributed by atoms with E-state index in [0.29, 0.717) is 11.6 Å². The summed E-state index contributed by atoms with van der Waals surface area (Å²) >= 11 is 0. The highest BCUT2D eigenvalue weighted by Gasteiger charge is 2.01. The van der Waals surface area contributed by atoms with Gasteiger partial charge in [0.1, 0.15) is 0 Å². The number of pyridine rings is 1. The maximum atomic E-state index is 5.82. The molecular formula is C14H17N3. The van der Waals surface area contributed by atoms with Gasteiger partial charge in [-0.2, -0.15) is 0 Å². The van der Waals surface area contributed by atoms with Crippen molar-refractivity contribution in [3.8, 4) is 0 Å². The number of aromatic nitrogens is 1. The number of nitrogen functional groups attached to an aromatic ring is 1. The van der Waals surface area contributed by atoms with Gasteiger partial charge in [-0.1, -0.05) is 26.0 Å². The van der Waals surface area contributed by atoms with E-state index in [9.17, 15) is 0 Å². The van der Waals surface area contributed by atoms with Crippen molar-refractivity contribution in [1.29, 1.82) is 0 Å². The Balaban J connectivity index is 2.17. The quantitative estimate of drug-likeness (QED) is 0.843. The van der Waals surface area contributed by atoms with E-state index in [0.717, 1.165) is 11.4 Å². The molecule has 1 aromatic carbocycles. The minimum Gasteiger partial charge on any atom is -0.396 e. The van der Waals surface area contributed by atoms with E-state index in [1.54, 1.807) is 12.4 Å². The van der Waals surface area contributed by atoms with Crippen LogP contribution in [0.1, 0.15) is 25.3 Å². The lowest BCUT2D eigenvalue weighted by Crippen LogP contribution is -1.97. The molecule has 0 saturated heterocycles. The van der Waals surface area contributed by atoms with E-state index < -0.39 is 0 Å². The topological polar surface area (TPSA) is 50.9 Å². The summed E-state index contributed by atoms with van der Waals surface area (Å²) in [4.78, 5) is 3.96. The van der Waals surface area contributed by atoms with Crippen LogP contribution in [0.4, 0.5) is 17.1 Å². The van der Waals surface area contributed by atoms with Gasteiger partial charge in [0.15, 0.2) is 0 Å². The molecule has 0 saturated carbocycles. The molecule has 17 heavy (non-hydrogen) atoms. The number of rotatable bonds is 3. The van der Waals surface area contributed by atoms with E-state index in [1.807, 2.05) is 6.07 Å². The smallest absolute Gasteiger partial charge is 0.0739 e. The summed E-state index contributed by atoms with van der Waals surface area (Å²) in [6.45, 7) is 4.37.